The van der Waals surface area contributed by atoms with E-state index in [1.807, 2.05) is 0 Å². The maximum Gasteiger partial charge on any atom is 2.00 e. The van der Waals surface area contributed by atoms with Crippen molar-refractivity contribution in [2.45, 2.75) is 0 Å². The zero-order chi connectivity index (χ0) is 0. The summed E-state index contributed by atoms with van der Waals surface area (Å²) in [7, 11) is 0. The molecule has 0 saturated carbocycles. The molecule has 0 aromatic carbocycles. The molecule has 0 N–H and O–H groups in total. The second-order valence-electron chi connectivity index (χ2n) is 0. The Morgan fingerprint density at radius 1 is 0.600 bits per heavy atom. The van der Waals surface area contributed by atoms with Gasteiger partial charge in [-0.1, -0.05) is 0 Å². The van der Waals surface area contributed by atoms with Crippen molar-refractivity contribution in [1.82, 2.24) is 0 Å². The Morgan fingerprint density at radius 2 is 0.600 bits per heavy atom. The van der Waals surface area contributed by atoms with Gasteiger partial charge < -0.3 is 51.2 Å². The molecule has 5 heavy (non-hydrogen) atoms. The Balaban J connectivity index is 0. The zero-order valence-corrected chi connectivity index (χ0v) is 11.8. The summed E-state index contributed by atoms with van der Waals surface area (Å²) in [5, 5.41) is 0. The van der Waals surface area contributed by atoms with Gasteiger partial charge in [0.2, 0.25) is 0 Å². The SMILES string of the molecule is [Mg+2].[Se-2].[Se-2].[Se-2].[W]. The molecule has 0 spiro atoms. The molecule has 0 rings (SSSR count). The molecule has 0 nitrogen and oxygen atoms in total. The average Bonchev–Trinajstić information content (AvgIpc) is 0. The number of hydrogen-bond acceptors (Lipinski definition) is 0. The van der Waals surface area contributed by atoms with Crippen LogP contribution in [0.1, 0.15) is 0 Å². The fraction of sp³-hybridized carbons (Fsp3) is 0. The van der Waals surface area contributed by atoms with E-state index in [1.54, 1.807) is 0 Å². The fourth-order valence-corrected chi connectivity index (χ4v) is 0. The van der Waals surface area contributed by atoms with Gasteiger partial charge >= 0.3 is 23.1 Å². The van der Waals surface area contributed by atoms with Crippen molar-refractivity contribution in [1.29, 1.82) is 0 Å². The molecule has 0 aliphatic heterocycles. The second kappa shape index (κ2) is 27.9. The summed E-state index contributed by atoms with van der Waals surface area (Å²) in [6, 6.07) is 0. The Bertz CT molecular complexity index is 6.85. The monoisotopic (exact) mass is 448 g/mol. The predicted molar refractivity (Wildman–Crippen MR) is 23.0 cm³/mol. The third kappa shape index (κ3) is 19.4. The summed E-state index contributed by atoms with van der Waals surface area (Å²) in [5.74, 6) is 0. The molecular weight excluding hydrogens is 445 g/mol. The Hall–Kier alpha value is 3.01. The summed E-state index contributed by atoms with van der Waals surface area (Å²) in [4.78, 5) is 0. The van der Waals surface area contributed by atoms with E-state index in [2.05, 4.69) is 0 Å². The normalized spacial score (nSPS) is 0. The van der Waals surface area contributed by atoms with Crippen LogP contribution in [0.5, 0.6) is 0 Å². The molecule has 0 radical (unpaired) electrons. The van der Waals surface area contributed by atoms with Crippen molar-refractivity contribution in [3.8, 4) is 0 Å². The van der Waals surface area contributed by atoms with Gasteiger partial charge in [-0.25, -0.2) is 0 Å². The van der Waals surface area contributed by atoms with Crippen molar-refractivity contribution in [3.63, 3.8) is 0 Å². The molecule has 0 aliphatic rings. The van der Waals surface area contributed by atoms with E-state index in [1.165, 1.54) is 0 Å². The molecule has 0 heterocycles. The molecular formula is MgSe3W-4. The first-order valence-electron chi connectivity index (χ1n) is 0. The molecule has 0 aromatic heterocycles. The van der Waals surface area contributed by atoms with Crippen LogP contribution in [0.3, 0.4) is 0 Å². The van der Waals surface area contributed by atoms with Gasteiger partial charge in [-0.2, -0.15) is 0 Å². The van der Waals surface area contributed by atoms with Crippen molar-refractivity contribution in [2.75, 3.05) is 0 Å². The molecule has 0 fully saturated rings. The van der Waals surface area contributed by atoms with Gasteiger partial charge in [0.15, 0.2) is 0 Å². The molecule has 0 atom stereocenters. The minimum Gasteiger partial charge on any atom is -2.00 e. The average molecular weight is 445 g/mol. The van der Waals surface area contributed by atoms with Gasteiger partial charge in [0.05, 0.1) is 0 Å². The molecule has 0 unspecified atom stereocenters. The van der Waals surface area contributed by atoms with Crippen LogP contribution in [0.4, 0.5) is 0 Å². The summed E-state index contributed by atoms with van der Waals surface area (Å²) in [5.41, 5.74) is 0. The third-order valence-electron chi connectivity index (χ3n) is 0. The molecule has 30 valence electrons. The van der Waals surface area contributed by atoms with Crippen LogP contribution in [-0.2, 0) is 21.1 Å². The summed E-state index contributed by atoms with van der Waals surface area (Å²) in [6.07, 6.45) is 0. The van der Waals surface area contributed by atoms with E-state index in [4.69, 9.17) is 0 Å². The van der Waals surface area contributed by atoms with E-state index in [-0.39, 0.29) is 95.3 Å². The third-order valence-corrected chi connectivity index (χ3v) is 0. The quantitative estimate of drug-likeness (QED) is 0.398. The van der Waals surface area contributed by atoms with Gasteiger partial charge in [-0.05, 0) is 0 Å². The minimum absolute atomic E-state index is 0. The summed E-state index contributed by atoms with van der Waals surface area (Å²) in [6.45, 7) is 0. The minimum atomic E-state index is 0. The van der Waals surface area contributed by atoms with Crippen molar-refractivity contribution < 1.29 is 21.1 Å². The van der Waals surface area contributed by atoms with Crippen molar-refractivity contribution in [3.05, 3.63) is 0 Å². The van der Waals surface area contributed by atoms with Gasteiger partial charge in [-0.15, -0.1) is 0 Å². The standard InChI is InChI=1S/Mg.3Se.W/q+2;3*-2;. The van der Waals surface area contributed by atoms with Crippen LogP contribution in [-0.4, -0.2) is 74.3 Å². The van der Waals surface area contributed by atoms with E-state index < -0.39 is 0 Å². The van der Waals surface area contributed by atoms with Gasteiger partial charge in [-0.3, -0.25) is 0 Å². The van der Waals surface area contributed by atoms with E-state index in [9.17, 15) is 0 Å². The van der Waals surface area contributed by atoms with Crippen LogP contribution in [0.2, 0.25) is 0 Å². The van der Waals surface area contributed by atoms with Gasteiger partial charge in [0, 0.05) is 21.1 Å². The molecule has 0 bridgehead atoms. The topological polar surface area (TPSA) is 0 Å². The Labute approximate surface area is 93.8 Å². The largest absolute Gasteiger partial charge is 2.00 e. The van der Waals surface area contributed by atoms with Crippen LogP contribution in [0.25, 0.3) is 0 Å². The Morgan fingerprint density at radius 3 is 0.600 bits per heavy atom. The number of hydrogen-bond donors (Lipinski definition) is 0. The first-order valence-corrected chi connectivity index (χ1v) is 0. The van der Waals surface area contributed by atoms with Gasteiger partial charge in [0.1, 0.15) is 0 Å². The molecule has 5 heteroatoms. The molecule has 0 saturated heterocycles. The van der Waals surface area contributed by atoms with E-state index >= 15 is 0 Å². The molecule has 0 aliphatic carbocycles. The van der Waals surface area contributed by atoms with Crippen LogP contribution in [0.15, 0.2) is 0 Å². The molecule has 0 aromatic rings. The first-order chi connectivity index (χ1) is 0. The van der Waals surface area contributed by atoms with Crippen molar-refractivity contribution >= 4 is 74.3 Å². The van der Waals surface area contributed by atoms with E-state index in [0.29, 0.717) is 0 Å². The zero-order valence-electron chi connectivity index (χ0n) is 2.34. The fourth-order valence-electron chi connectivity index (χ4n) is 0. The summed E-state index contributed by atoms with van der Waals surface area (Å²) >= 11 is 0. The van der Waals surface area contributed by atoms with Crippen LogP contribution >= 0.6 is 0 Å². The number of rotatable bonds is 0. The van der Waals surface area contributed by atoms with Crippen molar-refractivity contribution in [2.24, 2.45) is 0 Å². The van der Waals surface area contributed by atoms with Crippen LogP contribution in [0, 0.1) is 0 Å². The Kier molecular flexibility index (Phi) is 243. The predicted octanol–water partition coefficient (Wildman–Crippen LogP) is -1.53. The second-order valence-corrected chi connectivity index (χ2v) is 0. The maximum atomic E-state index is 0. The van der Waals surface area contributed by atoms with E-state index in [0.717, 1.165) is 0 Å². The first kappa shape index (κ1) is 43.4. The smallest absolute Gasteiger partial charge is 2.00 e. The van der Waals surface area contributed by atoms with Gasteiger partial charge in [0.25, 0.3) is 0 Å². The molecule has 0 amide bonds. The van der Waals surface area contributed by atoms with Crippen LogP contribution < -0.4 is 0 Å². The summed E-state index contributed by atoms with van der Waals surface area (Å²) < 4.78 is 0. The maximum absolute atomic E-state index is 0.